The summed E-state index contributed by atoms with van der Waals surface area (Å²) in [5.41, 5.74) is 6.89. The van der Waals surface area contributed by atoms with Gasteiger partial charge in [0.05, 0.1) is 0 Å². The second-order valence-electron chi connectivity index (χ2n) is 6.43. The number of hydrogen-bond acceptors (Lipinski definition) is 5. The van der Waals surface area contributed by atoms with Crippen molar-refractivity contribution in [3.8, 4) is 5.75 Å². The fourth-order valence-corrected chi connectivity index (χ4v) is 2.48. The van der Waals surface area contributed by atoms with E-state index in [0.29, 0.717) is 23.4 Å². The number of amides is 3. The summed E-state index contributed by atoms with van der Waals surface area (Å²) in [6.07, 6.45) is 1.19. The van der Waals surface area contributed by atoms with E-state index in [0.717, 1.165) is 12.0 Å². The Morgan fingerprint density at radius 2 is 1.60 bits per heavy atom. The van der Waals surface area contributed by atoms with E-state index in [2.05, 4.69) is 21.5 Å². The van der Waals surface area contributed by atoms with Crippen LogP contribution in [0.15, 0.2) is 48.5 Å². The molecule has 30 heavy (non-hydrogen) atoms. The predicted octanol–water partition coefficient (Wildman–Crippen LogP) is 2.45. The lowest BCUT2D eigenvalue weighted by Gasteiger charge is -2.12. The summed E-state index contributed by atoms with van der Waals surface area (Å²) in [5, 5.41) is 5.08. The summed E-state index contributed by atoms with van der Waals surface area (Å²) in [6.45, 7) is 3.66. The second kappa shape index (κ2) is 11.5. The summed E-state index contributed by atoms with van der Waals surface area (Å²) in [7, 11) is 0. The van der Waals surface area contributed by atoms with Gasteiger partial charge in [-0.15, -0.1) is 0 Å². The molecule has 0 saturated heterocycles. The van der Waals surface area contributed by atoms with Crippen LogP contribution in [0.3, 0.4) is 0 Å². The molecule has 2 rings (SSSR count). The van der Waals surface area contributed by atoms with Crippen molar-refractivity contribution in [2.75, 3.05) is 11.9 Å². The Bertz CT molecular complexity index is 898. The molecule has 0 spiro atoms. The highest BCUT2D eigenvalue weighted by molar-refractivity contribution is 7.80. The number of carbonyl (C=O) groups excluding carboxylic acids is 3. The normalized spacial score (nSPS) is 9.93. The van der Waals surface area contributed by atoms with Gasteiger partial charge in [-0.25, -0.2) is 0 Å². The number of hydrogen-bond donors (Lipinski definition) is 4. The first-order chi connectivity index (χ1) is 14.4. The molecule has 0 aliphatic rings. The molecule has 4 N–H and O–H groups in total. The Morgan fingerprint density at radius 1 is 0.933 bits per heavy atom. The third kappa shape index (κ3) is 7.88. The molecule has 0 unspecified atom stereocenters. The Hall–Kier alpha value is -3.46. The van der Waals surface area contributed by atoms with Crippen molar-refractivity contribution in [2.24, 2.45) is 0 Å². The van der Waals surface area contributed by atoms with Crippen molar-refractivity contribution >= 4 is 40.7 Å². The van der Waals surface area contributed by atoms with Crippen LogP contribution in [0.25, 0.3) is 0 Å². The maximum Gasteiger partial charge on any atom is 0.269 e. The predicted molar refractivity (Wildman–Crippen MR) is 118 cm³/mol. The van der Waals surface area contributed by atoms with Crippen molar-refractivity contribution in [3.05, 3.63) is 59.7 Å². The maximum absolute atomic E-state index is 12.2. The molecule has 3 amide bonds. The van der Waals surface area contributed by atoms with Crippen molar-refractivity contribution in [3.63, 3.8) is 0 Å². The van der Waals surface area contributed by atoms with E-state index in [1.54, 1.807) is 36.4 Å². The smallest absolute Gasteiger partial charge is 0.269 e. The fraction of sp³-hybridized carbons (Fsp3) is 0.238. The highest BCUT2D eigenvalue weighted by atomic mass is 32.1. The van der Waals surface area contributed by atoms with Crippen molar-refractivity contribution in [1.29, 1.82) is 0 Å². The molecule has 0 atom stereocenters. The van der Waals surface area contributed by atoms with Gasteiger partial charge < -0.3 is 10.1 Å². The monoisotopic (exact) mass is 428 g/mol. The second-order valence-corrected chi connectivity index (χ2v) is 6.84. The van der Waals surface area contributed by atoms with Crippen LogP contribution in [0.4, 0.5) is 5.69 Å². The Labute approximate surface area is 180 Å². The molecule has 158 valence electrons. The number of nitrogens with one attached hydrogen (secondary N) is 4. The van der Waals surface area contributed by atoms with Crippen molar-refractivity contribution in [2.45, 2.75) is 26.7 Å². The van der Waals surface area contributed by atoms with E-state index >= 15 is 0 Å². The van der Waals surface area contributed by atoms with Crippen LogP contribution in [-0.4, -0.2) is 29.4 Å². The van der Waals surface area contributed by atoms with Crippen molar-refractivity contribution in [1.82, 2.24) is 16.2 Å². The third-order valence-electron chi connectivity index (χ3n) is 3.84. The van der Waals surface area contributed by atoms with Gasteiger partial charge in [-0.3, -0.25) is 30.6 Å². The number of ether oxygens (including phenoxy) is 1. The minimum atomic E-state index is -0.463. The van der Waals surface area contributed by atoms with E-state index in [4.69, 9.17) is 17.0 Å². The molecule has 0 radical (unpaired) electrons. The van der Waals surface area contributed by atoms with Gasteiger partial charge in [0.15, 0.2) is 11.7 Å². The van der Waals surface area contributed by atoms with E-state index < -0.39 is 11.8 Å². The van der Waals surface area contributed by atoms with E-state index in [9.17, 15) is 14.4 Å². The molecule has 0 saturated carbocycles. The molecule has 0 bridgehead atoms. The lowest BCUT2D eigenvalue weighted by Crippen LogP contribution is -2.49. The van der Waals surface area contributed by atoms with E-state index in [-0.39, 0.29) is 17.6 Å². The number of benzene rings is 2. The zero-order chi connectivity index (χ0) is 21.9. The van der Waals surface area contributed by atoms with Crippen LogP contribution < -0.4 is 26.2 Å². The summed E-state index contributed by atoms with van der Waals surface area (Å²) < 4.78 is 5.36. The molecular formula is C21H24N4O4S. The van der Waals surface area contributed by atoms with Crippen LogP contribution in [0.1, 0.15) is 35.7 Å². The van der Waals surface area contributed by atoms with Crippen LogP contribution in [0.2, 0.25) is 0 Å². The van der Waals surface area contributed by atoms with E-state index in [1.807, 2.05) is 26.0 Å². The highest BCUT2D eigenvalue weighted by Crippen LogP contribution is 2.11. The van der Waals surface area contributed by atoms with Crippen LogP contribution in [0.5, 0.6) is 5.75 Å². The molecule has 2 aromatic rings. The first-order valence-electron chi connectivity index (χ1n) is 9.37. The van der Waals surface area contributed by atoms with Gasteiger partial charge in [0.2, 0.25) is 5.91 Å². The van der Waals surface area contributed by atoms with Crippen molar-refractivity contribution < 1.29 is 19.1 Å². The largest absolute Gasteiger partial charge is 0.484 e. The van der Waals surface area contributed by atoms with Gasteiger partial charge in [-0.05, 0) is 62.0 Å². The molecule has 9 heteroatoms. The average molecular weight is 429 g/mol. The minimum Gasteiger partial charge on any atom is -0.484 e. The molecule has 0 aliphatic carbocycles. The molecular weight excluding hydrogens is 404 g/mol. The summed E-state index contributed by atoms with van der Waals surface area (Å²) in [6, 6.07) is 13.7. The standard InChI is InChI=1S/C21H24N4O4S/c1-3-4-18(26)22-16-9-7-15(8-10-16)20(28)24-25-21(30)23-19(27)13-29-17-11-5-14(2)6-12-17/h5-12H,3-4,13H2,1-2H3,(H,22,26)(H,24,28)(H2,23,25,27,30). The molecule has 0 aromatic heterocycles. The molecule has 0 fully saturated rings. The topological polar surface area (TPSA) is 109 Å². The summed E-state index contributed by atoms with van der Waals surface area (Å²) >= 11 is 4.98. The first-order valence-corrected chi connectivity index (χ1v) is 9.77. The molecule has 0 aliphatic heterocycles. The molecule has 8 nitrogen and oxygen atoms in total. The average Bonchev–Trinajstić information content (AvgIpc) is 2.72. The van der Waals surface area contributed by atoms with Gasteiger partial charge >= 0.3 is 0 Å². The number of carbonyl (C=O) groups is 3. The number of rotatable bonds is 7. The SMILES string of the molecule is CCCC(=O)Nc1ccc(C(=O)NNC(=S)NC(=O)COc2ccc(C)cc2)cc1. The summed E-state index contributed by atoms with van der Waals surface area (Å²) in [4.78, 5) is 35.6. The van der Waals surface area contributed by atoms with Gasteiger partial charge in [0, 0.05) is 17.7 Å². The van der Waals surface area contributed by atoms with Crippen LogP contribution >= 0.6 is 12.2 Å². The lowest BCUT2D eigenvalue weighted by molar-refractivity contribution is -0.121. The number of anilines is 1. The van der Waals surface area contributed by atoms with Gasteiger partial charge in [-0.2, -0.15) is 0 Å². The summed E-state index contributed by atoms with van der Waals surface area (Å²) in [5.74, 6) is -0.426. The number of aryl methyl sites for hydroxylation is 1. The number of thiocarbonyl (C=S) groups is 1. The Morgan fingerprint density at radius 3 is 2.23 bits per heavy atom. The maximum atomic E-state index is 12.2. The highest BCUT2D eigenvalue weighted by Gasteiger charge is 2.09. The quantitative estimate of drug-likeness (QED) is 0.399. The fourth-order valence-electron chi connectivity index (χ4n) is 2.32. The van der Waals surface area contributed by atoms with E-state index in [1.165, 1.54) is 0 Å². The first kappa shape index (κ1) is 22.8. The zero-order valence-corrected chi connectivity index (χ0v) is 17.6. The van der Waals surface area contributed by atoms with Gasteiger partial charge in [0.25, 0.3) is 11.8 Å². The third-order valence-corrected chi connectivity index (χ3v) is 4.05. The molecule has 2 aromatic carbocycles. The zero-order valence-electron chi connectivity index (χ0n) is 16.8. The Kier molecular flexibility index (Phi) is 8.76. The lowest BCUT2D eigenvalue weighted by atomic mass is 10.2. The van der Waals surface area contributed by atoms with Crippen LogP contribution in [-0.2, 0) is 9.59 Å². The number of hydrazine groups is 1. The minimum absolute atomic E-state index is 0.0655. The molecule has 0 heterocycles. The van der Waals surface area contributed by atoms with Crippen LogP contribution in [0, 0.1) is 6.92 Å². The Balaban J connectivity index is 1.72. The van der Waals surface area contributed by atoms with Gasteiger partial charge in [-0.1, -0.05) is 24.6 Å². The van der Waals surface area contributed by atoms with Gasteiger partial charge in [0.1, 0.15) is 5.75 Å².